The zero-order chi connectivity index (χ0) is 18.9. The van der Waals surface area contributed by atoms with Gasteiger partial charge in [0, 0.05) is 19.0 Å². The first-order valence-electron chi connectivity index (χ1n) is 7.89. The Hall–Kier alpha value is -2.87. The minimum absolute atomic E-state index is 0.206. The van der Waals surface area contributed by atoms with Crippen LogP contribution < -0.4 is 4.74 Å². The molecule has 2 aromatic carbocycles. The van der Waals surface area contributed by atoms with E-state index in [1.165, 1.54) is 19.2 Å². The molecule has 0 unspecified atom stereocenters. The summed E-state index contributed by atoms with van der Waals surface area (Å²) >= 11 is 0. The molecule has 0 aliphatic rings. The predicted molar refractivity (Wildman–Crippen MR) is 96.4 cm³/mol. The lowest BCUT2D eigenvalue weighted by Crippen LogP contribution is -2.01. The van der Waals surface area contributed by atoms with Crippen molar-refractivity contribution in [1.29, 1.82) is 0 Å². The first-order chi connectivity index (χ1) is 12.3. The number of carbonyl (C=O) groups excluding carboxylic acids is 1. The number of hydrogen-bond acceptors (Lipinski definition) is 6. The summed E-state index contributed by atoms with van der Waals surface area (Å²) in [6.07, 6.45) is 2.97. The van der Waals surface area contributed by atoms with Gasteiger partial charge >= 0.3 is 5.97 Å². The number of sulfone groups is 1. The van der Waals surface area contributed by atoms with Crippen LogP contribution in [0.3, 0.4) is 0 Å². The fraction of sp³-hybridized carbons (Fsp3) is 0.222. The molecular formula is C18H18N2O5S. The molecule has 3 rings (SSSR count). The van der Waals surface area contributed by atoms with E-state index in [0.717, 1.165) is 11.6 Å². The van der Waals surface area contributed by atoms with Gasteiger partial charge in [-0.2, -0.15) is 5.10 Å². The summed E-state index contributed by atoms with van der Waals surface area (Å²) in [4.78, 5) is 12.1. The van der Waals surface area contributed by atoms with Crippen LogP contribution in [0.15, 0.2) is 47.5 Å². The second-order valence-corrected chi connectivity index (χ2v) is 7.74. The second-order valence-electron chi connectivity index (χ2n) is 5.73. The van der Waals surface area contributed by atoms with Gasteiger partial charge in [0.25, 0.3) is 0 Å². The Morgan fingerprint density at radius 3 is 2.46 bits per heavy atom. The average molecular weight is 374 g/mol. The van der Waals surface area contributed by atoms with Crippen molar-refractivity contribution < 1.29 is 22.7 Å². The van der Waals surface area contributed by atoms with Gasteiger partial charge in [0.05, 0.1) is 28.5 Å². The number of hydrogen-bond donors (Lipinski definition) is 0. The van der Waals surface area contributed by atoms with Crippen molar-refractivity contribution in [1.82, 2.24) is 9.78 Å². The van der Waals surface area contributed by atoms with E-state index >= 15 is 0 Å². The molecule has 26 heavy (non-hydrogen) atoms. The van der Waals surface area contributed by atoms with Crippen LogP contribution in [0, 0.1) is 0 Å². The molecular weight excluding hydrogens is 356 g/mol. The van der Waals surface area contributed by atoms with Gasteiger partial charge in [0.15, 0.2) is 9.84 Å². The number of aromatic nitrogens is 2. The Morgan fingerprint density at radius 1 is 1.19 bits per heavy atom. The van der Waals surface area contributed by atoms with Crippen LogP contribution in [-0.4, -0.2) is 37.5 Å². The minimum atomic E-state index is -3.28. The molecule has 7 nitrogen and oxygen atoms in total. The van der Waals surface area contributed by atoms with Gasteiger partial charge in [-0.15, -0.1) is 0 Å². The molecule has 0 atom stereocenters. The topological polar surface area (TPSA) is 87.5 Å². The van der Waals surface area contributed by atoms with Crippen molar-refractivity contribution >= 4 is 26.7 Å². The summed E-state index contributed by atoms with van der Waals surface area (Å²) in [7, 11) is -1.97. The van der Waals surface area contributed by atoms with E-state index in [4.69, 9.17) is 9.47 Å². The van der Waals surface area contributed by atoms with Crippen LogP contribution in [0.2, 0.25) is 0 Å². The number of rotatable bonds is 5. The number of methoxy groups -OCH3 is 1. The van der Waals surface area contributed by atoms with Gasteiger partial charge in [-0.3, -0.25) is 4.68 Å². The molecule has 0 aliphatic heterocycles. The number of ether oxygens (including phenoxy) is 2. The molecule has 0 bridgehead atoms. The molecule has 0 saturated heterocycles. The van der Waals surface area contributed by atoms with Crippen molar-refractivity contribution in [3.8, 4) is 11.5 Å². The Labute approximate surface area is 151 Å². The number of nitrogens with zero attached hydrogens (tertiary/aromatic N) is 2. The molecule has 0 saturated carbocycles. The number of fused-ring (bicyclic) bond motifs is 1. The standard InChI is InChI=1S/C18H18N2O5S/c1-4-20-11-15-16(19-20)9-12(18(21)24-2)10-17(15)25-13-5-7-14(8-6-13)26(3,22)23/h5-11H,4H2,1-3H3. The Kier molecular flexibility index (Phi) is 4.69. The number of carbonyl (C=O) groups is 1. The highest BCUT2D eigenvalue weighted by molar-refractivity contribution is 7.90. The van der Waals surface area contributed by atoms with Gasteiger partial charge in [0.1, 0.15) is 11.5 Å². The first-order valence-corrected chi connectivity index (χ1v) is 9.78. The molecule has 0 fully saturated rings. The van der Waals surface area contributed by atoms with Crippen molar-refractivity contribution in [2.75, 3.05) is 13.4 Å². The van der Waals surface area contributed by atoms with Crippen LogP contribution in [0.5, 0.6) is 11.5 Å². The van der Waals surface area contributed by atoms with Crippen LogP contribution in [0.25, 0.3) is 10.9 Å². The highest BCUT2D eigenvalue weighted by Gasteiger charge is 2.15. The highest BCUT2D eigenvalue weighted by atomic mass is 32.2. The molecule has 0 radical (unpaired) electrons. The van der Waals surface area contributed by atoms with E-state index in [-0.39, 0.29) is 4.90 Å². The summed E-state index contributed by atoms with van der Waals surface area (Å²) in [5, 5.41) is 5.15. The highest BCUT2D eigenvalue weighted by Crippen LogP contribution is 2.32. The molecule has 1 heterocycles. The summed E-state index contributed by atoms with van der Waals surface area (Å²) < 4.78 is 35.5. The number of aryl methyl sites for hydroxylation is 1. The van der Waals surface area contributed by atoms with Crippen LogP contribution in [0.1, 0.15) is 17.3 Å². The number of esters is 1. The van der Waals surface area contributed by atoms with Gasteiger partial charge in [0.2, 0.25) is 0 Å². The first kappa shape index (κ1) is 17.9. The zero-order valence-electron chi connectivity index (χ0n) is 14.6. The van der Waals surface area contributed by atoms with Crippen LogP contribution in [0.4, 0.5) is 0 Å². The molecule has 0 spiro atoms. The maximum atomic E-state index is 11.9. The fourth-order valence-corrected chi connectivity index (χ4v) is 3.14. The molecule has 3 aromatic rings. The summed E-state index contributed by atoms with van der Waals surface area (Å²) in [5.41, 5.74) is 0.932. The molecule has 0 aliphatic carbocycles. The van der Waals surface area contributed by atoms with Crippen molar-refractivity contribution in [2.45, 2.75) is 18.4 Å². The van der Waals surface area contributed by atoms with Crippen LogP contribution in [-0.2, 0) is 21.1 Å². The molecule has 0 N–H and O–H groups in total. The molecule has 0 amide bonds. The Morgan fingerprint density at radius 2 is 1.88 bits per heavy atom. The summed E-state index contributed by atoms with van der Waals surface area (Å²) in [6, 6.07) is 9.31. The lowest BCUT2D eigenvalue weighted by atomic mass is 10.1. The molecule has 1 aromatic heterocycles. The predicted octanol–water partition coefficient (Wildman–Crippen LogP) is 3.04. The maximum Gasteiger partial charge on any atom is 0.338 e. The average Bonchev–Trinajstić information content (AvgIpc) is 3.04. The molecule has 136 valence electrons. The second kappa shape index (κ2) is 6.80. The third kappa shape index (κ3) is 3.55. The van der Waals surface area contributed by atoms with E-state index < -0.39 is 15.8 Å². The van der Waals surface area contributed by atoms with Crippen molar-refractivity contribution in [3.63, 3.8) is 0 Å². The Balaban J connectivity index is 2.05. The normalized spacial score (nSPS) is 11.5. The van der Waals surface area contributed by atoms with Crippen LogP contribution >= 0.6 is 0 Å². The van der Waals surface area contributed by atoms with Gasteiger partial charge in [-0.05, 0) is 43.3 Å². The van der Waals surface area contributed by atoms with Crippen molar-refractivity contribution in [2.24, 2.45) is 0 Å². The third-order valence-electron chi connectivity index (χ3n) is 3.86. The fourth-order valence-electron chi connectivity index (χ4n) is 2.50. The largest absolute Gasteiger partial charge is 0.465 e. The third-order valence-corrected chi connectivity index (χ3v) is 4.99. The van der Waals surface area contributed by atoms with Gasteiger partial charge in [-0.25, -0.2) is 13.2 Å². The smallest absolute Gasteiger partial charge is 0.338 e. The maximum absolute atomic E-state index is 11.9. The zero-order valence-corrected chi connectivity index (χ0v) is 15.4. The minimum Gasteiger partial charge on any atom is -0.465 e. The Bertz CT molecular complexity index is 1070. The van der Waals surface area contributed by atoms with Gasteiger partial charge < -0.3 is 9.47 Å². The van der Waals surface area contributed by atoms with E-state index in [9.17, 15) is 13.2 Å². The summed E-state index contributed by atoms with van der Waals surface area (Å²) in [5.74, 6) is 0.398. The number of benzene rings is 2. The van der Waals surface area contributed by atoms with E-state index in [2.05, 4.69) is 5.10 Å². The lowest BCUT2D eigenvalue weighted by Gasteiger charge is -2.09. The van der Waals surface area contributed by atoms with E-state index in [1.807, 2.05) is 13.1 Å². The summed E-state index contributed by atoms with van der Waals surface area (Å²) in [6.45, 7) is 2.63. The van der Waals surface area contributed by atoms with E-state index in [1.54, 1.807) is 28.9 Å². The monoisotopic (exact) mass is 374 g/mol. The SMILES string of the molecule is CCn1cc2c(Oc3ccc(S(C)(=O)=O)cc3)cc(C(=O)OC)cc2n1. The quantitative estimate of drug-likeness (QED) is 0.638. The van der Waals surface area contributed by atoms with E-state index in [0.29, 0.717) is 29.1 Å². The lowest BCUT2D eigenvalue weighted by molar-refractivity contribution is 0.0600. The van der Waals surface area contributed by atoms with Gasteiger partial charge in [-0.1, -0.05) is 0 Å². The van der Waals surface area contributed by atoms with Crippen molar-refractivity contribution in [3.05, 3.63) is 48.2 Å². The molecule has 8 heteroatoms.